The Morgan fingerprint density at radius 3 is 2.41 bits per heavy atom. The van der Waals surface area contributed by atoms with Crippen molar-refractivity contribution in [2.24, 2.45) is 0 Å². The Morgan fingerprint density at radius 2 is 1.86 bits per heavy atom. The summed E-state index contributed by atoms with van der Waals surface area (Å²) >= 11 is 0. The van der Waals surface area contributed by atoms with E-state index in [0.717, 1.165) is 11.4 Å². The molecule has 1 atom stereocenters. The number of hydrogen-bond acceptors (Lipinski definition) is 4. The average molecular weight is 305 g/mol. The smallest absolute Gasteiger partial charge is 0.323 e. The lowest BCUT2D eigenvalue weighted by molar-refractivity contribution is -0.148. The van der Waals surface area contributed by atoms with Gasteiger partial charge in [0.05, 0.1) is 0 Å². The van der Waals surface area contributed by atoms with E-state index >= 15 is 0 Å². The molecule has 1 aliphatic rings. The van der Waals surface area contributed by atoms with Crippen molar-refractivity contribution >= 4 is 17.8 Å². The number of pyridine rings is 1. The molecule has 2 heterocycles. The van der Waals surface area contributed by atoms with Gasteiger partial charge < -0.3 is 14.9 Å². The number of aromatic nitrogens is 1. The number of nitrogens with zero attached hydrogens (tertiary/aromatic N) is 3. The fourth-order valence-electron chi connectivity index (χ4n) is 2.65. The Labute approximate surface area is 128 Å². The largest absolute Gasteiger partial charge is 0.480 e. The Hall–Kier alpha value is -2.44. The SMILES string of the molecule is Cc1cc(C(=O)N2CCN(CC(=O)O)C(=O)C2C)cc(C)n1. The first-order chi connectivity index (χ1) is 10.3. The van der Waals surface area contributed by atoms with Gasteiger partial charge in [-0.25, -0.2) is 0 Å². The van der Waals surface area contributed by atoms with E-state index in [1.54, 1.807) is 19.1 Å². The molecule has 0 bridgehead atoms. The van der Waals surface area contributed by atoms with E-state index in [2.05, 4.69) is 4.98 Å². The van der Waals surface area contributed by atoms with Crippen LogP contribution < -0.4 is 0 Å². The Balaban J connectivity index is 2.18. The molecule has 1 fully saturated rings. The molecule has 7 nitrogen and oxygen atoms in total. The highest BCUT2D eigenvalue weighted by Crippen LogP contribution is 2.16. The third-order valence-electron chi connectivity index (χ3n) is 3.66. The van der Waals surface area contributed by atoms with E-state index in [1.165, 1.54) is 9.80 Å². The molecule has 1 unspecified atom stereocenters. The number of rotatable bonds is 3. The van der Waals surface area contributed by atoms with Crippen LogP contribution in [-0.2, 0) is 9.59 Å². The molecular formula is C15H19N3O4. The van der Waals surface area contributed by atoms with Crippen molar-refractivity contribution in [3.05, 3.63) is 29.1 Å². The zero-order valence-corrected chi connectivity index (χ0v) is 12.9. The van der Waals surface area contributed by atoms with Gasteiger partial charge in [0.1, 0.15) is 12.6 Å². The molecule has 1 aliphatic heterocycles. The van der Waals surface area contributed by atoms with Crippen LogP contribution >= 0.6 is 0 Å². The summed E-state index contributed by atoms with van der Waals surface area (Å²) in [5.74, 6) is -1.63. The second kappa shape index (κ2) is 6.13. The highest BCUT2D eigenvalue weighted by molar-refractivity contribution is 5.98. The van der Waals surface area contributed by atoms with Gasteiger partial charge in [0.2, 0.25) is 5.91 Å². The van der Waals surface area contributed by atoms with Crippen LogP contribution in [0.5, 0.6) is 0 Å². The molecule has 2 amide bonds. The number of hydrogen-bond donors (Lipinski definition) is 1. The molecular weight excluding hydrogens is 286 g/mol. The van der Waals surface area contributed by atoms with Gasteiger partial charge in [-0.15, -0.1) is 0 Å². The van der Waals surface area contributed by atoms with E-state index in [1.807, 2.05) is 13.8 Å². The quantitative estimate of drug-likeness (QED) is 0.876. The highest BCUT2D eigenvalue weighted by atomic mass is 16.4. The van der Waals surface area contributed by atoms with Crippen molar-refractivity contribution in [2.45, 2.75) is 26.8 Å². The molecule has 22 heavy (non-hydrogen) atoms. The third-order valence-corrected chi connectivity index (χ3v) is 3.66. The maximum absolute atomic E-state index is 12.6. The lowest BCUT2D eigenvalue weighted by atomic mass is 10.1. The number of aryl methyl sites for hydroxylation is 2. The van der Waals surface area contributed by atoms with Gasteiger partial charge in [0.25, 0.3) is 5.91 Å². The molecule has 1 aromatic rings. The zero-order valence-electron chi connectivity index (χ0n) is 12.9. The van der Waals surface area contributed by atoms with Crippen LogP contribution in [0.15, 0.2) is 12.1 Å². The monoisotopic (exact) mass is 305 g/mol. The van der Waals surface area contributed by atoms with E-state index in [4.69, 9.17) is 5.11 Å². The van der Waals surface area contributed by atoms with Gasteiger partial charge in [-0.2, -0.15) is 0 Å². The summed E-state index contributed by atoms with van der Waals surface area (Å²) in [5, 5.41) is 8.80. The number of amides is 2. The average Bonchev–Trinajstić information content (AvgIpc) is 2.42. The second-order valence-electron chi connectivity index (χ2n) is 5.47. The second-order valence-corrected chi connectivity index (χ2v) is 5.47. The number of carboxylic acid groups (broad SMARTS) is 1. The minimum Gasteiger partial charge on any atom is -0.480 e. The number of carbonyl (C=O) groups is 3. The van der Waals surface area contributed by atoms with E-state index in [9.17, 15) is 14.4 Å². The van der Waals surface area contributed by atoms with Crippen LogP contribution in [0.4, 0.5) is 0 Å². The first kappa shape index (κ1) is 15.9. The maximum Gasteiger partial charge on any atom is 0.323 e. The zero-order chi connectivity index (χ0) is 16.4. The van der Waals surface area contributed by atoms with Crippen molar-refractivity contribution in [3.63, 3.8) is 0 Å². The topological polar surface area (TPSA) is 90.8 Å². The van der Waals surface area contributed by atoms with E-state index < -0.39 is 12.0 Å². The first-order valence-corrected chi connectivity index (χ1v) is 7.06. The molecule has 0 aliphatic carbocycles. The standard InChI is InChI=1S/C15H19N3O4/c1-9-6-12(7-10(2)16-9)15(22)18-5-4-17(8-13(19)20)14(21)11(18)3/h6-7,11H,4-5,8H2,1-3H3,(H,19,20). The summed E-state index contributed by atoms with van der Waals surface area (Å²) in [6, 6.07) is 2.71. The minimum absolute atomic E-state index is 0.226. The molecule has 0 saturated carbocycles. The summed E-state index contributed by atoms with van der Waals surface area (Å²) in [5.41, 5.74) is 1.98. The normalized spacial score (nSPS) is 18.5. The number of carboxylic acids is 1. The molecule has 1 N–H and O–H groups in total. The minimum atomic E-state index is -1.05. The molecule has 0 radical (unpaired) electrons. The first-order valence-electron chi connectivity index (χ1n) is 7.06. The van der Waals surface area contributed by atoms with Gasteiger partial charge in [0.15, 0.2) is 0 Å². The Morgan fingerprint density at radius 1 is 1.27 bits per heavy atom. The molecule has 118 valence electrons. The van der Waals surface area contributed by atoms with Gasteiger partial charge >= 0.3 is 5.97 Å². The number of carbonyl (C=O) groups excluding carboxylic acids is 2. The highest BCUT2D eigenvalue weighted by Gasteiger charge is 2.35. The van der Waals surface area contributed by atoms with Gasteiger partial charge in [0, 0.05) is 30.0 Å². The van der Waals surface area contributed by atoms with Crippen molar-refractivity contribution in [1.82, 2.24) is 14.8 Å². The lowest BCUT2D eigenvalue weighted by Gasteiger charge is -2.38. The van der Waals surface area contributed by atoms with Crippen molar-refractivity contribution in [2.75, 3.05) is 19.6 Å². The summed E-state index contributed by atoms with van der Waals surface area (Å²) in [6.45, 7) is 5.45. The molecule has 1 saturated heterocycles. The predicted molar refractivity (Wildman–Crippen MR) is 78.4 cm³/mol. The van der Waals surface area contributed by atoms with Crippen LogP contribution in [0.1, 0.15) is 28.7 Å². The fraction of sp³-hybridized carbons (Fsp3) is 0.467. The van der Waals surface area contributed by atoms with Crippen molar-refractivity contribution in [3.8, 4) is 0 Å². The number of aliphatic carboxylic acids is 1. The van der Waals surface area contributed by atoms with Gasteiger partial charge in [-0.1, -0.05) is 0 Å². The van der Waals surface area contributed by atoms with Crippen molar-refractivity contribution in [1.29, 1.82) is 0 Å². The van der Waals surface area contributed by atoms with Crippen LogP contribution in [0.3, 0.4) is 0 Å². The molecule has 7 heteroatoms. The molecule has 0 spiro atoms. The van der Waals surface area contributed by atoms with E-state index in [-0.39, 0.29) is 24.9 Å². The fourth-order valence-corrected chi connectivity index (χ4v) is 2.65. The summed E-state index contributed by atoms with van der Waals surface area (Å²) in [4.78, 5) is 42.5. The molecule has 2 rings (SSSR count). The summed E-state index contributed by atoms with van der Waals surface area (Å²) < 4.78 is 0. The summed E-state index contributed by atoms with van der Waals surface area (Å²) in [7, 11) is 0. The Bertz CT molecular complexity index is 609. The van der Waals surface area contributed by atoms with Gasteiger partial charge in [-0.3, -0.25) is 19.4 Å². The molecule has 1 aromatic heterocycles. The van der Waals surface area contributed by atoms with Crippen LogP contribution in [-0.4, -0.2) is 63.4 Å². The Kier molecular flexibility index (Phi) is 4.44. The summed E-state index contributed by atoms with van der Waals surface area (Å²) in [6.07, 6.45) is 0. The number of piperazine rings is 1. The lowest BCUT2D eigenvalue weighted by Crippen LogP contribution is -2.58. The van der Waals surface area contributed by atoms with Crippen LogP contribution in [0.2, 0.25) is 0 Å². The maximum atomic E-state index is 12.6. The van der Waals surface area contributed by atoms with Crippen molar-refractivity contribution < 1.29 is 19.5 Å². The predicted octanol–water partition coefficient (Wildman–Crippen LogP) is 0.456. The third kappa shape index (κ3) is 3.24. The van der Waals surface area contributed by atoms with Crippen LogP contribution in [0.25, 0.3) is 0 Å². The molecule has 0 aromatic carbocycles. The van der Waals surface area contributed by atoms with Crippen LogP contribution in [0, 0.1) is 13.8 Å². The van der Waals surface area contributed by atoms with E-state index in [0.29, 0.717) is 12.1 Å². The van der Waals surface area contributed by atoms with Gasteiger partial charge in [-0.05, 0) is 32.9 Å².